The fourth-order valence-corrected chi connectivity index (χ4v) is 2.78. The van der Waals surface area contributed by atoms with E-state index in [1.165, 1.54) is 56.9 Å². The molecule has 1 aliphatic carbocycles. The molecule has 16 heavy (non-hydrogen) atoms. The van der Waals surface area contributed by atoms with Crippen molar-refractivity contribution in [2.75, 3.05) is 0 Å². The Morgan fingerprint density at radius 3 is 2.00 bits per heavy atom. The summed E-state index contributed by atoms with van der Waals surface area (Å²) in [5.41, 5.74) is 1.17. The molecule has 1 aliphatic rings. The van der Waals surface area contributed by atoms with Crippen LogP contribution in [-0.4, -0.2) is 5.11 Å². The molecule has 1 aromatic carbocycles. The number of rotatable bonds is 1. The molecule has 2 rings (SSSR count). The Labute approximate surface area is 98.5 Å². The largest absolute Gasteiger partial charge is 0.508 e. The van der Waals surface area contributed by atoms with Gasteiger partial charge in [-0.05, 0) is 30.4 Å². The SMILES string of the molecule is Oc1ccccc1C1CCCCCCCC1. The molecule has 1 fully saturated rings. The Hall–Kier alpha value is -0.980. The fourth-order valence-electron chi connectivity index (χ4n) is 2.78. The summed E-state index contributed by atoms with van der Waals surface area (Å²) in [6, 6.07) is 7.87. The highest BCUT2D eigenvalue weighted by molar-refractivity contribution is 5.34. The predicted molar refractivity (Wildman–Crippen MR) is 67.8 cm³/mol. The average molecular weight is 218 g/mol. The lowest BCUT2D eigenvalue weighted by atomic mass is 9.89. The molecule has 88 valence electrons. The number of aromatic hydroxyl groups is 1. The van der Waals surface area contributed by atoms with Crippen LogP contribution in [0.5, 0.6) is 5.75 Å². The Morgan fingerprint density at radius 2 is 1.38 bits per heavy atom. The summed E-state index contributed by atoms with van der Waals surface area (Å²) < 4.78 is 0. The maximum atomic E-state index is 9.90. The molecule has 1 nitrogen and oxygen atoms in total. The van der Waals surface area contributed by atoms with Crippen LogP contribution in [0.15, 0.2) is 24.3 Å². The fraction of sp³-hybridized carbons (Fsp3) is 0.600. The van der Waals surface area contributed by atoms with Crippen LogP contribution in [0.25, 0.3) is 0 Å². The molecule has 1 heteroatoms. The van der Waals surface area contributed by atoms with E-state index in [9.17, 15) is 5.11 Å². The van der Waals surface area contributed by atoms with Crippen LogP contribution in [-0.2, 0) is 0 Å². The maximum Gasteiger partial charge on any atom is 0.119 e. The van der Waals surface area contributed by atoms with Gasteiger partial charge in [0.25, 0.3) is 0 Å². The molecular formula is C15H22O. The molecule has 0 aliphatic heterocycles. The number of benzene rings is 1. The second-order valence-corrected chi connectivity index (χ2v) is 4.95. The highest BCUT2D eigenvalue weighted by Gasteiger charge is 2.15. The van der Waals surface area contributed by atoms with Crippen molar-refractivity contribution in [3.8, 4) is 5.75 Å². The zero-order valence-corrected chi connectivity index (χ0v) is 9.99. The number of phenolic OH excluding ortho intramolecular Hbond substituents is 1. The zero-order valence-electron chi connectivity index (χ0n) is 9.99. The van der Waals surface area contributed by atoms with E-state index < -0.39 is 0 Å². The van der Waals surface area contributed by atoms with E-state index in [2.05, 4.69) is 6.07 Å². The Balaban J connectivity index is 2.08. The lowest BCUT2D eigenvalue weighted by Crippen LogP contribution is -1.99. The number of para-hydroxylation sites is 1. The van der Waals surface area contributed by atoms with Crippen molar-refractivity contribution in [2.45, 2.75) is 57.3 Å². The van der Waals surface area contributed by atoms with Crippen LogP contribution in [0.3, 0.4) is 0 Å². The van der Waals surface area contributed by atoms with Gasteiger partial charge in [-0.25, -0.2) is 0 Å². The topological polar surface area (TPSA) is 20.2 Å². The highest BCUT2D eigenvalue weighted by atomic mass is 16.3. The first-order valence-electron chi connectivity index (χ1n) is 6.66. The van der Waals surface area contributed by atoms with Gasteiger partial charge in [0.1, 0.15) is 5.75 Å². The smallest absolute Gasteiger partial charge is 0.119 e. The molecular weight excluding hydrogens is 196 g/mol. The molecule has 0 spiro atoms. The van der Waals surface area contributed by atoms with Gasteiger partial charge in [-0.2, -0.15) is 0 Å². The van der Waals surface area contributed by atoms with Gasteiger partial charge < -0.3 is 5.11 Å². The van der Waals surface area contributed by atoms with Gasteiger partial charge in [-0.1, -0.05) is 56.7 Å². The van der Waals surface area contributed by atoms with Gasteiger partial charge in [0.05, 0.1) is 0 Å². The quantitative estimate of drug-likeness (QED) is 0.729. The molecule has 0 unspecified atom stereocenters. The van der Waals surface area contributed by atoms with Crippen molar-refractivity contribution in [2.24, 2.45) is 0 Å². The second-order valence-electron chi connectivity index (χ2n) is 4.95. The minimum atomic E-state index is 0.492. The Kier molecular flexibility index (Phi) is 4.26. The lowest BCUT2D eigenvalue weighted by molar-refractivity contribution is 0.448. The molecule has 0 atom stereocenters. The summed E-state index contributed by atoms with van der Waals surface area (Å²) >= 11 is 0. The van der Waals surface area contributed by atoms with E-state index in [0.717, 1.165) is 0 Å². The van der Waals surface area contributed by atoms with Crippen molar-refractivity contribution < 1.29 is 5.11 Å². The molecule has 1 N–H and O–H groups in total. The molecule has 0 bridgehead atoms. The van der Waals surface area contributed by atoms with Crippen LogP contribution in [0.2, 0.25) is 0 Å². The number of hydrogen-bond donors (Lipinski definition) is 1. The van der Waals surface area contributed by atoms with Crippen molar-refractivity contribution in [3.63, 3.8) is 0 Å². The monoisotopic (exact) mass is 218 g/mol. The van der Waals surface area contributed by atoms with Gasteiger partial charge in [-0.3, -0.25) is 0 Å². The molecule has 0 aromatic heterocycles. The van der Waals surface area contributed by atoms with Gasteiger partial charge in [0, 0.05) is 0 Å². The Morgan fingerprint density at radius 1 is 0.812 bits per heavy atom. The van der Waals surface area contributed by atoms with E-state index in [4.69, 9.17) is 0 Å². The molecule has 0 amide bonds. The first kappa shape index (κ1) is 11.5. The van der Waals surface area contributed by atoms with E-state index in [1.807, 2.05) is 18.2 Å². The summed E-state index contributed by atoms with van der Waals surface area (Å²) in [6.45, 7) is 0. The standard InChI is InChI=1S/C15H22O/c16-15-12-8-7-11-14(15)13-9-5-3-1-2-4-6-10-13/h7-8,11-13,16H,1-6,9-10H2. The van der Waals surface area contributed by atoms with E-state index in [-0.39, 0.29) is 0 Å². The third-order valence-corrected chi connectivity index (χ3v) is 3.73. The summed E-state index contributed by atoms with van der Waals surface area (Å²) in [7, 11) is 0. The van der Waals surface area contributed by atoms with Gasteiger partial charge in [-0.15, -0.1) is 0 Å². The van der Waals surface area contributed by atoms with Gasteiger partial charge in [0.15, 0.2) is 0 Å². The normalized spacial score (nSPS) is 19.8. The van der Waals surface area contributed by atoms with Crippen LogP contribution in [0.1, 0.15) is 62.8 Å². The predicted octanol–water partition coefficient (Wildman–Crippen LogP) is 4.61. The molecule has 1 saturated carbocycles. The molecule has 0 heterocycles. The highest BCUT2D eigenvalue weighted by Crippen LogP contribution is 2.34. The van der Waals surface area contributed by atoms with E-state index >= 15 is 0 Å². The zero-order chi connectivity index (χ0) is 11.2. The minimum Gasteiger partial charge on any atom is -0.508 e. The number of phenols is 1. The van der Waals surface area contributed by atoms with Gasteiger partial charge in [0.2, 0.25) is 0 Å². The van der Waals surface area contributed by atoms with E-state index in [1.54, 1.807) is 0 Å². The Bertz CT molecular complexity index is 309. The van der Waals surface area contributed by atoms with Crippen LogP contribution < -0.4 is 0 Å². The third kappa shape index (κ3) is 3.01. The summed E-state index contributed by atoms with van der Waals surface area (Å²) in [5, 5.41) is 9.90. The average Bonchev–Trinajstić information content (AvgIpc) is 2.43. The van der Waals surface area contributed by atoms with Crippen molar-refractivity contribution in [3.05, 3.63) is 29.8 Å². The molecule has 0 saturated heterocycles. The summed E-state index contributed by atoms with van der Waals surface area (Å²) in [4.78, 5) is 0. The van der Waals surface area contributed by atoms with Crippen LogP contribution in [0, 0.1) is 0 Å². The number of hydrogen-bond acceptors (Lipinski definition) is 1. The second kappa shape index (κ2) is 5.93. The van der Waals surface area contributed by atoms with Crippen molar-refractivity contribution in [1.82, 2.24) is 0 Å². The maximum absolute atomic E-state index is 9.90. The first-order chi connectivity index (χ1) is 7.88. The lowest BCUT2D eigenvalue weighted by Gasteiger charge is -2.17. The third-order valence-electron chi connectivity index (χ3n) is 3.73. The molecule has 1 aromatic rings. The van der Waals surface area contributed by atoms with E-state index in [0.29, 0.717) is 11.7 Å². The van der Waals surface area contributed by atoms with Crippen LogP contribution in [0.4, 0.5) is 0 Å². The first-order valence-corrected chi connectivity index (χ1v) is 6.66. The minimum absolute atomic E-state index is 0.492. The molecule has 0 radical (unpaired) electrons. The summed E-state index contributed by atoms with van der Waals surface area (Å²) in [5.74, 6) is 1.08. The van der Waals surface area contributed by atoms with Crippen molar-refractivity contribution >= 4 is 0 Å². The van der Waals surface area contributed by atoms with Crippen molar-refractivity contribution in [1.29, 1.82) is 0 Å². The van der Waals surface area contributed by atoms with Crippen LogP contribution >= 0.6 is 0 Å². The summed E-state index contributed by atoms with van der Waals surface area (Å²) in [6.07, 6.45) is 10.7. The van der Waals surface area contributed by atoms with Gasteiger partial charge >= 0.3 is 0 Å².